The maximum atomic E-state index is 7.59. The van der Waals surface area contributed by atoms with Crippen LogP contribution in [-0.4, -0.2) is 32.9 Å². The van der Waals surface area contributed by atoms with Crippen molar-refractivity contribution in [1.29, 1.82) is 10.5 Å². The molecule has 0 amide bonds. The molecule has 0 spiro atoms. The van der Waals surface area contributed by atoms with Crippen molar-refractivity contribution < 1.29 is 74.5 Å². The van der Waals surface area contributed by atoms with Crippen molar-refractivity contribution in [3.8, 4) is 12.1 Å². The monoisotopic (exact) mass is 303 g/mol. The van der Waals surface area contributed by atoms with Crippen LogP contribution >= 0.6 is 0 Å². The zero-order valence-corrected chi connectivity index (χ0v) is 9.24. The van der Waals surface area contributed by atoms with Crippen LogP contribution in [0.5, 0.6) is 0 Å². The molecule has 0 aliphatic heterocycles. The number of hydrogen-bond donors (Lipinski definition) is 0. The van der Waals surface area contributed by atoms with E-state index in [0.29, 0.717) is 0 Å². The molecule has 0 atom stereocenters. The van der Waals surface area contributed by atoms with Gasteiger partial charge in [0.15, 0.2) is 0 Å². The van der Waals surface area contributed by atoms with Crippen molar-refractivity contribution in [2.75, 3.05) is 0 Å². The number of halogens is 2. The first-order chi connectivity index (χ1) is 2.41. The number of rotatable bonds is 0. The summed E-state index contributed by atoms with van der Waals surface area (Å²) in [5, 5.41) is 15.2. The van der Waals surface area contributed by atoms with E-state index in [4.69, 9.17) is 10.5 Å². The van der Waals surface area contributed by atoms with Crippen LogP contribution in [0.25, 0.3) is 0 Å². The zero-order chi connectivity index (χ0) is 4.12. The molecule has 0 aliphatic carbocycles. The first kappa shape index (κ1) is 155. The van der Waals surface area contributed by atoms with Gasteiger partial charge < -0.3 is 57.7 Å². The quantitative estimate of drug-likeness (QED) is 0.423. The molecule has 0 unspecified atom stereocenters. The van der Waals surface area contributed by atoms with E-state index >= 15 is 0 Å². The molecule has 8 nitrogen and oxygen atoms in total. The molecule has 0 aliphatic rings. The molecule has 0 fully saturated rings. The van der Waals surface area contributed by atoms with Crippen LogP contribution in [0, 0.1) is 22.7 Å². The maximum Gasteiger partial charge on any atom is 2.00 e. The molecule has 12 N–H and O–H groups in total. The van der Waals surface area contributed by atoms with Gasteiger partial charge in [0, 0.05) is 0 Å². The average Bonchev–Trinajstić information content (AvgIpc) is 1.41. The summed E-state index contributed by atoms with van der Waals surface area (Å²) in [6.45, 7) is 0. The molecule has 0 aromatic carbocycles. The summed E-state index contributed by atoms with van der Waals surface area (Å²) in [6, 6.07) is 3.31. The third-order valence-electron chi connectivity index (χ3n) is 0.158. The number of nitriles is 2. The van der Waals surface area contributed by atoms with E-state index < -0.39 is 0 Å². The predicted molar refractivity (Wildman–Crippen MR) is 37.5 cm³/mol. The van der Waals surface area contributed by atoms with Crippen LogP contribution in [0.4, 0.5) is 0 Å². The summed E-state index contributed by atoms with van der Waals surface area (Å²) in [4.78, 5) is 0. The second-order valence-electron chi connectivity index (χ2n) is 0.493. The number of hydrogen-bond acceptors (Lipinski definition) is 2. The van der Waals surface area contributed by atoms with Crippen molar-refractivity contribution in [1.82, 2.24) is 0 Å². The van der Waals surface area contributed by atoms with E-state index in [1.807, 2.05) is 0 Å². The summed E-state index contributed by atoms with van der Waals surface area (Å²) >= 11 is 0. The number of nitrogens with zero attached hydrogens (tertiary/aromatic N) is 2. The van der Waals surface area contributed by atoms with Crippen LogP contribution in [0.3, 0.4) is 0 Å². The Labute approximate surface area is 104 Å². The summed E-state index contributed by atoms with van der Waals surface area (Å²) in [7, 11) is 0. The van der Waals surface area contributed by atoms with Crippen LogP contribution in [0.15, 0.2) is 0 Å². The van der Waals surface area contributed by atoms with Gasteiger partial charge >= 0.3 is 16.8 Å². The average molecular weight is 304 g/mol. The Hall–Kier alpha value is -0.174. The standard InChI is InChI=1S/C3H2N2.2ClH.Co.6H2O/c4-2-1-3-5;;;;;;;;;/h1H2;2*1H;;6*1H2/q;;;+2;;;;;;/p-2. The fraction of sp³-hybridized carbons (Fsp3) is 0.333. The van der Waals surface area contributed by atoms with Gasteiger partial charge in [-0.1, -0.05) is 0 Å². The largest absolute Gasteiger partial charge is 2.00 e. The molecule has 0 aromatic heterocycles. The van der Waals surface area contributed by atoms with Crippen molar-refractivity contribution in [3.05, 3.63) is 0 Å². The molecule has 11 heteroatoms. The van der Waals surface area contributed by atoms with Crippen LogP contribution < -0.4 is 24.8 Å². The summed E-state index contributed by atoms with van der Waals surface area (Å²) in [6.07, 6.45) is 0. The summed E-state index contributed by atoms with van der Waals surface area (Å²) in [5.74, 6) is 0. The van der Waals surface area contributed by atoms with Crippen LogP contribution in [0.2, 0.25) is 0 Å². The van der Waals surface area contributed by atoms with Gasteiger partial charge in [-0.3, -0.25) is 0 Å². The Morgan fingerprint density at radius 3 is 0.786 bits per heavy atom. The Kier molecular flexibility index (Phi) is 2490. The maximum absolute atomic E-state index is 7.59. The van der Waals surface area contributed by atoms with Gasteiger partial charge in [-0.05, 0) is 0 Å². The van der Waals surface area contributed by atoms with Crippen molar-refractivity contribution in [2.24, 2.45) is 0 Å². The molecular formula is C3H14Cl2CoN2O6. The second-order valence-corrected chi connectivity index (χ2v) is 0.493. The topological polar surface area (TPSA) is 237 Å². The first-order valence-corrected chi connectivity index (χ1v) is 1.15. The summed E-state index contributed by atoms with van der Waals surface area (Å²) in [5.41, 5.74) is 0. The zero-order valence-electron chi connectivity index (χ0n) is 6.69. The molecule has 95 valence electrons. The van der Waals surface area contributed by atoms with Gasteiger partial charge in [-0.2, -0.15) is 10.5 Å². The molecule has 0 aromatic rings. The minimum Gasteiger partial charge on any atom is -1.00 e. The van der Waals surface area contributed by atoms with Gasteiger partial charge in [0.2, 0.25) is 0 Å². The van der Waals surface area contributed by atoms with Crippen LogP contribution in [0.1, 0.15) is 6.42 Å². The molecule has 1 radical (unpaired) electrons. The Balaban J connectivity index is -0.00000000222. The van der Waals surface area contributed by atoms with Gasteiger partial charge in [0.1, 0.15) is 6.42 Å². The van der Waals surface area contributed by atoms with Crippen molar-refractivity contribution in [3.63, 3.8) is 0 Å². The molecule has 14 heavy (non-hydrogen) atoms. The van der Waals surface area contributed by atoms with Gasteiger partial charge in [0.25, 0.3) is 0 Å². The predicted octanol–water partition coefficient (Wildman–Crippen LogP) is -10.5. The van der Waals surface area contributed by atoms with E-state index in [9.17, 15) is 0 Å². The Morgan fingerprint density at radius 2 is 0.786 bits per heavy atom. The second kappa shape index (κ2) is 225. The third kappa shape index (κ3) is 416. The van der Waals surface area contributed by atoms with Crippen molar-refractivity contribution in [2.45, 2.75) is 6.42 Å². The van der Waals surface area contributed by atoms with Gasteiger partial charge in [-0.15, -0.1) is 0 Å². The normalized spacial score (nSPS) is 1.57. The minimum absolute atomic E-state index is 0. The molecular weight excluding hydrogens is 290 g/mol. The van der Waals surface area contributed by atoms with E-state index in [0.717, 1.165) is 0 Å². The van der Waals surface area contributed by atoms with E-state index in [-0.39, 0.29) is 80.9 Å². The first-order valence-electron chi connectivity index (χ1n) is 1.15. The van der Waals surface area contributed by atoms with Crippen LogP contribution in [-0.2, 0) is 16.8 Å². The molecule has 0 saturated heterocycles. The van der Waals surface area contributed by atoms with Crippen molar-refractivity contribution >= 4 is 0 Å². The SMILES string of the molecule is N#CCC#N.O.O.O.O.O.O.[Cl-].[Cl-].[Co+2]. The molecule has 0 heterocycles. The molecule has 0 saturated carbocycles. The summed E-state index contributed by atoms with van der Waals surface area (Å²) < 4.78 is 0. The fourth-order valence-electron chi connectivity index (χ4n) is 0.0354. The smallest absolute Gasteiger partial charge is 1.00 e. The third-order valence-corrected chi connectivity index (χ3v) is 0.158. The van der Waals surface area contributed by atoms with Gasteiger partial charge in [-0.25, -0.2) is 0 Å². The van der Waals surface area contributed by atoms with E-state index in [2.05, 4.69) is 0 Å². The minimum atomic E-state index is 0. The van der Waals surface area contributed by atoms with Gasteiger partial charge in [0.05, 0.1) is 12.1 Å². The molecule has 0 bridgehead atoms. The van der Waals surface area contributed by atoms with E-state index in [1.54, 1.807) is 12.1 Å². The Morgan fingerprint density at radius 1 is 0.643 bits per heavy atom. The van der Waals surface area contributed by atoms with E-state index in [1.165, 1.54) is 0 Å². The molecule has 0 rings (SSSR count). The Bertz CT molecular complexity index is 94.2. The fourth-order valence-corrected chi connectivity index (χ4v) is 0.0354.